The highest BCUT2D eigenvalue weighted by Crippen LogP contribution is 2.30. The molecule has 0 unspecified atom stereocenters. The van der Waals surface area contributed by atoms with E-state index in [0.717, 1.165) is 17.0 Å². The quantitative estimate of drug-likeness (QED) is 0.752. The Labute approximate surface area is 110 Å². The topological polar surface area (TPSA) is 58.6 Å². The lowest BCUT2D eigenvalue weighted by molar-refractivity contribution is -0.170. The second-order valence-electron chi connectivity index (χ2n) is 4.18. The first kappa shape index (κ1) is 13.2. The fraction of sp³-hybridized carbons (Fsp3) is 0.500. The summed E-state index contributed by atoms with van der Waals surface area (Å²) in [4.78, 5) is 27.9. The van der Waals surface area contributed by atoms with Gasteiger partial charge in [0.05, 0.1) is 12.1 Å². The van der Waals surface area contributed by atoms with Gasteiger partial charge in [0.1, 0.15) is 6.04 Å². The minimum Gasteiger partial charge on any atom is -0.367 e. The Morgan fingerprint density at radius 2 is 2.28 bits per heavy atom. The van der Waals surface area contributed by atoms with Gasteiger partial charge < -0.3 is 5.32 Å². The lowest BCUT2D eigenvalue weighted by Gasteiger charge is -2.18. The van der Waals surface area contributed by atoms with Crippen LogP contribution >= 0.6 is 11.8 Å². The molecule has 1 fully saturated rings. The summed E-state index contributed by atoms with van der Waals surface area (Å²) in [6, 6.07) is -0.256. The second kappa shape index (κ2) is 5.58. The summed E-state index contributed by atoms with van der Waals surface area (Å²) in [5, 5.41) is 5.43. The van der Waals surface area contributed by atoms with E-state index in [0.29, 0.717) is 12.2 Å². The van der Waals surface area contributed by atoms with Gasteiger partial charge in [0.2, 0.25) is 0 Å². The maximum atomic E-state index is 11.9. The van der Waals surface area contributed by atoms with Crippen molar-refractivity contribution in [2.75, 3.05) is 19.9 Å². The number of allylic oxidation sites excluding steroid dienone is 3. The second-order valence-corrected chi connectivity index (χ2v) is 5.21. The van der Waals surface area contributed by atoms with Crippen LogP contribution in [-0.4, -0.2) is 42.7 Å². The molecular formula is C12H16N2O3S. The monoisotopic (exact) mass is 268 g/mol. The van der Waals surface area contributed by atoms with Crippen LogP contribution in [0.5, 0.6) is 0 Å². The first-order valence-electron chi connectivity index (χ1n) is 5.77. The van der Waals surface area contributed by atoms with Gasteiger partial charge in [-0.1, -0.05) is 6.08 Å². The number of nitrogens with zero attached hydrogens (tertiary/aromatic N) is 1. The number of ketones is 1. The van der Waals surface area contributed by atoms with Crippen molar-refractivity contribution in [1.29, 1.82) is 0 Å². The van der Waals surface area contributed by atoms with Crippen LogP contribution in [0.15, 0.2) is 22.8 Å². The number of carbonyl (C=O) groups is 2. The number of thioether (sulfide) groups is 1. The SMILES string of the molecule is CON(C)C(=O)[C@@H]1CSC(=C2C=CC(=O)CC2)N1. The van der Waals surface area contributed by atoms with E-state index in [9.17, 15) is 9.59 Å². The predicted octanol–water partition coefficient (Wildman–Crippen LogP) is 0.842. The van der Waals surface area contributed by atoms with Crippen molar-refractivity contribution in [3.8, 4) is 0 Å². The summed E-state index contributed by atoms with van der Waals surface area (Å²) >= 11 is 1.62. The average Bonchev–Trinajstić information content (AvgIpc) is 2.87. The zero-order chi connectivity index (χ0) is 13.1. The van der Waals surface area contributed by atoms with E-state index in [4.69, 9.17) is 4.84 Å². The minimum atomic E-state index is -0.256. The lowest BCUT2D eigenvalue weighted by atomic mass is 10.0. The Kier molecular flexibility index (Phi) is 4.08. The summed E-state index contributed by atoms with van der Waals surface area (Å²) in [6.07, 6.45) is 4.73. The summed E-state index contributed by atoms with van der Waals surface area (Å²) in [7, 11) is 3.06. The molecule has 98 valence electrons. The summed E-state index contributed by atoms with van der Waals surface area (Å²) in [5.41, 5.74) is 1.11. The van der Waals surface area contributed by atoms with Crippen molar-refractivity contribution < 1.29 is 14.4 Å². The van der Waals surface area contributed by atoms with E-state index in [1.807, 2.05) is 6.08 Å². The molecule has 0 radical (unpaired) electrons. The molecule has 0 spiro atoms. The van der Waals surface area contributed by atoms with Crippen molar-refractivity contribution >= 4 is 23.5 Å². The Bertz CT molecular complexity index is 431. The van der Waals surface area contributed by atoms with E-state index in [1.165, 1.54) is 12.2 Å². The maximum absolute atomic E-state index is 11.9. The van der Waals surface area contributed by atoms with Gasteiger partial charge in [-0.05, 0) is 18.1 Å². The van der Waals surface area contributed by atoms with Gasteiger partial charge >= 0.3 is 0 Å². The van der Waals surface area contributed by atoms with Crippen LogP contribution in [0.3, 0.4) is 0 Å². The number of rotatable bonds is 2. The Hall–Kier alpha value is -1.27. The third kappa shape index (κ3) is 2.76. The van der Waals surface area contributed by atoms with Crippen molar-refractivity contribution in [2.24, 2.45) is 0 Å². The van der Waals surface area contributed by atoms with Gasteiger partial charge in [-0.2, -0.15) is 0 Å². The van der Waals surface area contributed by atoms with E-state index in [-0.39, 0.29) is 17.7 Å². The minimum absolute atomic E-state index is 0.0866. The number of hydrogen-bond donors (Lipinski definition) is 1. The molecule has 0 aromatic carbocycles. The van der Waals surface area contributed by atoms with Gasteiger partial charge in [0, 0.05) is 19.2 Å². The fourth-order valence-corrected chi connectivity index (χ4v) is 2.98. The van der Waals surface area contributed by atoms with Gasteiger partial charge in [0.25, 0.3) is 5.91 Å². The molecule has 1 aliphatic carbocycles. The van der Waals surface area contributed by atoms with Crippen LogP contribution < -0.4 is 5.32 Å². The van der Waals surface area contributed by atoms with Gasteiger partial charge in [-0.25, -0.2) is 5.06 Å². The van der Waals surface area contributed by atoms with Gasteiger partial charge in [-0.3, -0.25) is 14.4 Å². The molecule has 2 rings (SSSR count). The number of carbonyl (C=O) groups excluding carboxylic acids is 2. The fourth-order valence-electron chi connectivity index (χ4n) is 1.84. The maximum Gasteiger partial charge on any atom is 0.269 e. The van der Waals surface area contributed by atoms with Crippen LogP contribution in [0.1, 0.15) is 12.8 Å². The molecule has 0 bridgehead atoms. The Morgan fingerprint density at radius 3 is 2.89 bits per heavy atom. The van der Waals surface area contributed by atoms with Crippen molar-refractivity contribution in [3.63, 3.8) is 0 Å². The molecule has 0 aromatic rings. The molecule has 1 heterocycles. The van der Waals surface area contributed by atoms with E-state index < -0.39 is 0 Å². The smallest absolute Gasteiger partial charge is 0.269 e. The van der Waals surface area contributed by atoms with E-state index >= 15 is 0 Å². The number of amides is 1. The third-order valence-corrected chi connectivity index (χ3v) is 4.15. The first-order chi connectivity index (χ1) is 8.61. The first-order valence-corrected chi connectivity index (χ1v) is 6.75. The van der Waals surface area contributed by atoms with Crippen LogP contribution in [-0.2, 0) is 14.4 Å². The molecule has 6 heteroatoms. The molecule has 2 aliphatic rings. The van der Waals surface area contributed by atoms with E-state index in [1.54, 1.807) is 24.9 Å². The normalized spacial score (nSPS) is 27.2. The summed E-state index contributed by atoms with van der Waals surface area (Å²) in [6.45, 7) is 0. The zero-order valence-corrected chi connectivity index (χ0v) is 11.3. The highest BCUT2D eigenvalue weighted by Gasteiger charge is 2.30. The van der Waals surface area contributed by atoms with Gasteiger partial charge in [0.15, 0.2) is 5.78 Å². The molecule has 0 saturated carbocycles. The van der Waals surface area contributed by atoms with Crippen LogP contribution in [0.4, 0.5) is 0 Å². The molecule has 5 nitrogen and oxygen atoms in total. The van der Waals surface area contributed by atoms with Crippen molar-refractivity contribution in [2.45, 2.75) is 18.9 Å². The molecular weight excluding hydrogens is 252 g/mol. The molecule has 1 amide bonds. The molecule has 1 N–H and O–H groups in total. The largest absolute Gasteiger partial charge is 0.367 e. The Morgan fingerprint density at radius 1 is 1.50 bits per heavy atom. The highest BCUT2D eigenvalue weighted by atomic mass is 32.2. The predicted molar refractivity (Wildman–Crippen MR) is 69.6 cm³/mol. The highest BCUT2D eigenvalue weighted by molar-refractivity contribution is 8.03. The van der Waals surface area contributed by atoms with Crippen LogP contribution in [0, 0.1) is 0 Å². The molecule has 1 aliphatic heterocycles. The van der Waals surface area contributed by atoms with E-state index in [2.05, 4.69) is 5.32 Å². The number of likely N-dealkylation sites (N-methyl/N-ethyl adjacent to an activating group) is 1. The number of hydrogen-bond acceptors (Lipinski definition) is 5. The summed E-state index contributed by atoms with van der Waals surface area (Å²) in [5.74, 6) is 0.762. The third-order valence-electron chi connectivity index (χ3n) is 2.98. The zero-order valence-electron chi connectivity index (χ0n) is 10.4. The van der Waals surface area contributed by atoms with Crippen LogP contribution in [0.2, 0.25) is 0 Å². The molecule has 1 saturated heterocycles. The van der Waals surface area contributed by atoms with Gasteiger partial charge in [-0.15, -0.1) is 11.8 Å². The molecule has 0 aromatic heterocycles. The lowest BCUT2D eigenvalue weighted by Crippen LogP contribution is -2.42. The Balaban J connectivity index is 2.04. The standard InChI is InChI=1S/C12H16N2O3S/c1-14(17-2)12(16)10-7-18-11(13-10)8-3-5-9(15)6-4-8/h3,5,10,13H,4,6-7H2,1-2H3/t10-/m0/s1. The van der Waals surface area contributed by atoms with Crippen molar-refractivity contribution in [1.82, 2.24) is 10.4 Å². The van der Waals surface area contributed by atoms with Crippen molar-refractivity contribution in [3.05, 3.63) is 22.8 Å². The number of hydroxylamine groups is 2. The van der Waals surface area contributed by atoms with Crippen LogP contribution in [0.25, 0.3) is 0 Å². The number of nitrogens with one attached hydrogen (secondary N) is 1. The molecule has 18 heavy (non-hydrogen) atoms. The average molecular weight is 268 g/mol. The molecule has 1 atom stereocenters. The summed E-state index contributed by atoms with van der Waals surface area (Å²) < 4.78 is 0.